The number of aliphatic carboxylic acids is 1. The van der Waals surface area contributed by atoms with Gasteiger partial charge < -0.3 is 19.9 Å². The quantitative estimate of drug-likeness (QED) is 0.762. The summed E-state index contributed by atoms with van der Waals surface area (Å²) in [5.74, 6) is -1.14. The Bertz CT molecular complexity index is 818. The third-order valence-electron chi connectivity index (χ3n) is 4.49. The summed E-state index contributed by atoms with van der Waals surface area (Å²) < 4.78 is 10.7. The van der Waals surface area contributed by atoms with Crippen molar-refractivity contribution in [2.24, 2.45) is 17.3 Å². The monoisotopic (exact) mass is 377 g/mol. The molecule has 1 aromatic carbocycles. The fraction of sp³-hybridized carbons (Fsp3) is 0.412. The molecule has 0 saturated heterocycles. The number of rotatable bonds is 7. The number of methoxy groups -OCH3 is 1. The summed E-state index contributed by atoms with van der Waals surface area (Å²) in [5.41, 5.74) is -0.555. The average Bonchev–Trinajstić information content (AvgIpc) is 2.95. The largest absolute Gasteiger partial charge is 0.497 e. The molecule has 1 amide bonds. The maximum atomic E-state index is 12.3. The number of aromatic nitrogens is 2. The summed E-state index contributed by atoms with van der Waals surface area (Å²) >= 11 is 1.19. The van der Waals surface area contributed by atoms with Gasteiger partial charge in [-0.1, -0.05) is 25.2 Å². The lowest BCUT2D eigenvalue weighted by Gasteiger charge is -2.04. The number of benzene rings is 1. The molecule has 1 heterocycles. The van der Waals surface area contributed by atoms with Gasteiger partial charge in [-0.2, -0.15) is 0 Å². The zero-order valence-electron chi connectivity index (χ0n) is 14.6. The van der Waals surface area contributed by atoms with Crippen LogP contribution in [0.4, 0.5) is 5.13 Å². The molecule has 1 aliphatic carbocycles. The lowest BCUT2D eigenvalue weighted by Crippen LogP contribution is -2.17. The van der Waals surface area contributed by atoms with Crippen molar-refractivity contribution >= 4 is 28.3 Å². The number of amides is 1. The summed E-state index contributed by atoms with van der Waals surface area (Å²) in [6.45, 7) is 3.75. The standard InChI is InChI=1S/C17H19N3O5S/c1-17(2)12(13(17)15(22)23)14(21)18-16-20-19-11(26-16)8-25-10-6-4-9(24-3)5-7-10/h4-7,12-13H,8H2,1-3H3,(H,22,23)(H,18,20,21). The summed E-state index contributed by atoms with van der Waals surface area (Å²) in [7, 11) is 1.59. The van der Waals surface area contributed by atoms with Crippen LogP contribution in [-0.2, 0) is 16.2 Å². The van der Waals surface area contributed by atoms with E-state index in [0.717, 1.165) is 5.75 Å². The minimum atomic E-state index is -0.957. The van der Waals surface area contributed by atoms with Crippen molar-refractivity contribution in [3.8, 4) is 11.5 Å². The van der Waals surface area contributed by atoms with Crippen LogP contribution in [0.1, 0.15) is 18.9 Å². The van der Waals surface area contributed by atoms with E-state index in [1.54, 1.807) is 45.2 Å². The highest BCUT2D eigenvalue weighted by molar-refractivity contribution is 7.15. The van der Waals surface area contributed by atoms with E-state index in [1.165, 1.54) is 11.3 Å². The molecule has 2 unspecified atom stereocenters. The Balaban J connectivity index is 1.55. The average molecular weight is 377 g/mol. The molecule has 1 aliphatic rings. The van der Waals surface area contributed by atoms with Crippen molar-refractivity contribution in [2.45, 2.75) is 20.5 Å². The Morgan fingerprint density at radius 3 is 2.42 bits per heavy atom. The molecule has 2 N–H and O–H groups in total. The van der Waals surface area contributed by atoms with Gasteiger partial charge in [0, 0.05) is 0 Å². The predicted molar refractivity (Wildman–Crippen MR) is 94.3 cm³/mol. The molecule has 8 nitrogen and oxygen atoms in total. The van der Waals surface area contributed by atoms with Crippen molar-refractivity contribution in [1.82, 2.24) is 10.2 Å². The minimum absolute atomic E-state index is 0.215. The van der Waals surface area contributed by atoms with E-state index in [2.05, 4.69) is 15.5 Å². The third kappa shape index (κ3) is 3.62. The number of hydrogen-bond acceptors (Lipinski definition) is 7. The molecule has 0 aliphatic heterocycles. The van der Waals surface area contributed by atoms with Crippen LogP contribution < -0.4 is 14.8 Å². The highest BCUT2D eigenvalue weighted by atomic mass is 32.1. The summed E-state index contributed by atoms with van der Waals surface area (Å²) in [6.07, 6.45) is 0. The first-order chi connectivity index (χ1) is 12.3. The van der Waals surface area contributed by atoms with Crippen LogP contribution in [0.3, 0.4) is 0 Å². The van der Waals surface area contributed by atoms with Crippen molar-refractivity contribution in [2.75, 3.05) is 12.4 Å². The zero-order chi connectivity index (χ0) is 18.9. The Morgan fingerprint density at radius 1 is 1.19 bits per heavy atom. The van der Waals surface area contributed by atoms with E-state index < -0.39 is 23.2 Å². The number of nitrogens with zero attached hydrogens (tertiary/aromatic N) is 2. The number of carbonyl (C=O) groups excluding carboxylic acids is 1. The number of hydrogen-bond donors (Lipinski definition) is 2. The van der Waals surface area contributed by atoms with Gasteiger partial charge in [0.05, 0.1) is 18.9 Å². The molecular weight excluding hydrogens is 358 g/mol. The fourth-order valence-electron chi connectivity index (χ4n) is 2.95. The Labute approximate surface area is 154 Å². The molecule has 1 aromatic heterocycles. The number of nitrogens with one attached hydrogen (secondary N) is 1. The highest BCUT2D eigenvalue weighted by Crippen LogP contribution is 2.58. The van der Waals surface area contributed by atoms with Crippen LogP contribution in [-0.4, -0.2) is 34.3 Å². The molecule has 0 bridgehead atoms. The fourth-order valence-corrected chi connectivity index (χ4v) is 3.61. The van der Waals surface area contributed by atoms with Crippen LogP contribution in [0.2, 0.25) is 0 Å². The van der Waals surface area contributed by atoms with Crippen LogP contribution in [0.15, 0.2) is 24.3 Å². The molecule has 1 fully saturated rings. The third-order valence-corrected chi connectivity index (χ3v) is 5.31. The molecule has 1 saturated carbocycles. The second kappa shape index (κ2) is 6.91. The van der Waals surface area contributed by atoms with E-state index in [0.29, 0.717) is 15.9 Å². The number of anilines is 1. The number of carboxylic acid groups (broad SMARTS) is 1. The predicted octanol–water partition coefficient (Wildman–Crippen LogP) is 2.42. The van der Waals surface area contributed by atoms with Crippen LogP contribution in [0.5, 0.6) is 11.5 Å². The Morgan fingerprint density at radius 2 is 1.85 bits per heavy atom. The van der Waals surface area contributed by atoms with E-state index in [1.807, 2.05) is 0 Å². The van der Waals surface area contributed by atoms with Crippen molar-refractivity contribution < 1.29 is 24.2 Å². The van der Waals surface area contributed by atoms with Crippen LogP contribution in [0.25, 0.3) is 0 Å². The van der Waals surface area contributed by atoms with Crippen LogP contribution in [0, 0.1) is 17.3 Å². The first-order valence-corrected chi connectivity index (χ1v) is 8.77. The van der Waals surface area contributed by atoms with E-state index in [4.69, 9.17) is 14.6 Å². The van der Waals surface area contributed by atoms with Gasteiger partial charge in [0.1, 0.15) is 18.1 Å². The van der Waals surface area contributed by atoms with Gasteiger partial charge in [0.2, 0.25) is 11.0 Å². The van der Waals surface area contributed by atoms with Gasteiger partial charge in [0.15, 0.2) is 5.01 Å². The van der Waals surface area contributed by atoms with Crippen molar-refractivity contribution in [3.05, 3.63) is 29.3 Å². The SMILES string of the molecule is COc1ccc(OCc2nnc(NC(=O)C3C(C(=O)O)C3(C)C)s2)cc1. The lowest BCUT2D eigenvalue weighted by molar-refractivity contribution is -0.140. The molecule has 9 heteroatoms. The smallest absolute Gasteiger partial charge is 0.307 e. The summed E-state index contributed by atoms with van der Waals surface area (Å²) in [5, 5.41) is 20.6. The van der Waals surface area contributed by atoms with E-state index in [9.17, 15) is 9.59 Å². The summed E-state index contributed by atoms with van der Waals surface area (Å²) in [6, 6.07) is 7.14. The van der Waals surface area contributed by atoms with Gasteiger partial charge >= 0.3 is 5.97 Å². The first-order valence-electron chi connectivity index (χ1n) is 7.96. The van der Waals surface area contributed by atoms with Crippen molar-refractivity contribution in [3.63, 3.8) is 0 Å². The normalized spacial score (nSPS) is 20.3. The van der Waals surface area contributed by atoms with Crippen LogP contribution >= 0.6 is 11.3 Å². The maximum absolute atomic E-state index is 12.3. The lowest BCUT2D eigenvalue weighted by atomic mass is 10.1. The van der Waals surface area contributed by atoms with Gasteiger partial charge in [-0.15, -0.1) is 10.2 Å². The molecule has 26 heavy (non-hydrogen) atoms. The zero-order valence-corrected chi connectivity index (χ0v) is 15.4. The molecule has 3 rings (SSSR count). The Hall–Kier alpha value is -2.68. The molecule has 138 valence electrons. The second-order valence-corrected chi connectivity index (χ2v) is 7.63. The van der Waals surface area contributed by atoms with Gasteiger partial charge in [0.25, 0.3) is 0 Å². The van der Waals surface area contributed by atoms with E-state index in [-0.39, 0.29) is 12.5 Å². The first kappa shape index (κ1) is 18.1. The topological polar surface area (TPSA) is 111 Å². The number of ether oxygens (including phenoxy) is 2. The molecule has 2 atom stereocenters. The number of carboxylic acids is 1. The minimum Gasteiger partial charge on any atom is -0.497 e. The molecule has 0 spiro atoms. The maximum Gasteiger partial charge on any atom is 0.307 e. The van der Waals surface area contributed by atoms with Crippen molar-refractivity contribution in [1.29, 1.82) is 0 Å². The highest BCUT2D eigenvalue weighted by Gasteiger charge is 2.66. The summed E-state index contributed by atoms with van der Waals surface area (Å²) in [4.78, 5) is 23.5. The van der Waals surface area contributed by atoms with E-state index >= 15 is 0 Å². The molecule has 0 radical (unpaired) electrons. The van der Waals surface area contributed by atoms with Gasteiger partial charge in [-0.3, -0.25) is 9.59 Å². The molecule has 2 aromatic rings. The number of carbonyl (C=O) groups is 2. The Kier molecular flexibility index (Phi) is 4.82. The van der Waals surface area contributed by atoms with Gasteiger partial charge in [-0.05, 0) is 29.7 Å². The van der Waals surface area contributed by atoms with Gasteiger partial charge in [-0.25, -0.2) is 0 Å². The molecular formula is C17H19N3O5S. The second-order valence-electron chi connectivity index (χ2n) is 6.57.